The monoisotopic (exact) mass is 437 g/mol. The summed E-state index contributed by atoms with van der Waals surface area (Å²) in [5.74, 6) is 3.17. The molecule has 2 aromatic carbocycles. The molecule has 5 unspecified atom stereocenters. The highest BCUT2D eigenvalue weighted by atomic mass is 35.5. The largest absolute Gasteiger partial charge is 0.374 e. The van der Waals surface area contributed by atoms with Crippen molar-refractivity contribution in [2.75, 3.05) is 7.11 Å². The predicted molar refractivity (Wildman–Crippen MR) is 126 cm³/mol. The van der Waals surface area contributed by atoms with Crippen LogP contribution in [0.2, 0.25) is 15.9 Å². The first-order valence-corrected chi connectivity index (χ1v) is 11.2. The summed E-state index contributed by atoms with van der Waals surface area (Å²) in [6.07, 6.45) is 1.76. The maximum atomic E-state index is 9.91. The molecule has 2 aliphatic rings. The maximum absolute atomic E-state index is 9.91. The van der Waals surface area contributed by atoms with E-state index < -0.39 is 5.60 Å². The number of methoxy groups -OCH3 is 1. The molecule has 2 aromatic rings. The second-order valence-electron chi connectivity index (χ2n) is 8.86. The molecule has 1 saturated heterocycles. The smallest absolute Gasteiger partial charge is 0.301 e. The molecule has 5 atom stereocenters. The fourth-order valence-electron chi connectivity index (χ4n) is 6.14. The van der Waals surface area contributed by atoms with Crippen molar-refractivity contribution < 1.29 is 4.74 Å². The summed E-state index contributed by atoms with van der Waals surface area (Å²) in [6.45, 7) is 8.38. The van der Waals surface area contributed by atoms with Gasteiger partial charge in [0, 0.05) is 23.1 Å². The van der Waals surface area contributed by atoms with Crippen molar-refractivity contribution in [2.45, 2.75) is 49.9 Å². The lowest BCUT2D eigenvalue weighted by Gasteiger charge is -2.49. The van der Waals surface area contributed by atoms with E-state index in [1.54, 1.807) is 7.11 Å². The minimum atomic E-state index is -0.488. The number of ether oxygens (including phenoxy) is 1. The van der Waals surface area contributed by atoms with Crippen LogP contribution in [-0.4, -0.2) is 19.4 Å². The molecule has 154 valence electrons. The molecule has 2 nitrogen and oxygen atoms in total. The molecule has 1 aliphatic carbocycles. The normalized spacial score (nSPS) is 30.8. The number of hydrogen-bond donors (Lipinski definition) is 0. The van der Waals surface area contributed by atoms with E-state index in [1.807, 2.05) is 18.2 Å². The van der Waals surface area contributed by atoms with E-state index in [9.17, 15) is 5.26 Å². The Bertz CT molecular complexity index is 1010. The minimum absolute atomic E-state index is 0.134. The molecule has 30 heavy (non-hydrogen) atoms. The molecule has 0 spiro atoms. The van der Waals surface area contributed by atoms with Crippen LogP contribution in [0.25, 0.3) is 0 Å². The van der Waals surface area contributed by atoms with Crippen molar-refractivity contribution in [1.82, 2.24) is 0 Å². The van der Waals surface area contributed by atoms with Crippen LogP contribution in [-0.2, 0) is 4.74 Å². The van der Waals surface area contributed by atoms with E-state index in [0.29, 0.717) is 0 Å². The van der Waals surface area contributed by atoms with E-state index in [0.717, 1.165) is 33.9 Å². The van der Waals surface area contributed by atoms with Crippen molar-refractivity contribution in [3.8, 4) is 5.97 Å². The Hall–Kier alpha value is -1.73. The lowest BCUT2D eigenvalue weighted by molar-refractivity contribution is -0.0552. The van der Waals surface area contributed by atoms with E-state index in [1.165, 1.54) is 11.1 Å². The Morgan fingerprint density at radius 2 is 1.90 bits per heavy atom. The van der Waals surface area contributed by atoms with Crippen LogP contribution < -0.4 is 0 Å². The summed E-state index contributed by atoms with van der Waals surface area (Å²) >= 11 is 13.0. The van der Waals surface area contributed by atoms with E-state index in [-0.39, 0.29) is 30.3 Å². The van der Waals surface area contributed by atoms with Gasteiger partial charge in [0.1, 0.15) is 0 Å². The number of hydrogen-bond acceptors (Lipinski definition) is 2. The highest BCUT2D eigenvalue weighted by molar-refractivity contribution is 6.77. The Morgan fingerprint density at radius 3 is 2.50 bits per heavy atom. The number of aryl methyl sites for hydroxylation is 1. The van der Waals surface area contributed by atoms with Gasteiger partial charge in [0.25, 0.3) is 0 Å². The van der Waals surface area contributed by atoms with Gasteiger partial charge >= 0.3 is 6.71 Å². The highest BCUT2D eigenvalue weighted by Gasteiger charge is 2.62. The third-order valence-electron chi connectivity index (χ3n) is 7.51. The van der Waals surface area contributed by atoms with Crippen LogP contribution in [0.15, 0.2) is 54.5 Å². The van der Waals surface area contributed by atoms with Gasteiger partial charge in [-0.3, -0.25) is 0 Å². The van der Waals surface area contributed by atoms with Gasteiger partial charge < -0.3 is 4.74 Å². The fraction of sp³-hybridized carbons (Fsp3) is 0.400. The molecule has 1 saturated carbocycles. The molecule has 0 bridgehead atoms. The van der Waals surface area contributed by atoms with Crippen LogP contribution in [0.3, 0.4) is 0 Å². The van der Waals surface area contributed by atoms with Crippen molar-refractivity contribution in [1.29, 1.82) is 5.26 Å². The number of benzene rings is 2. The predicted octanol–water partition coefficient (Wildman–Crippen LogP) is 7.02. The zero-order valence-corrected chi connectivity index (χ0v) is 19.2. The zero-order valence-electron chi connectivity index (χ0n) is 17.7. The summed E-state index contributed by atoms with van der Waals surface area (Å²) in [5, 5.41) is 11.4. The molecule has 1 heterocycles. The van der Waals surface area contributed by atoms with Gasteiger partial charge in [0.05, 0.1) is 5.60 Å². The number of nitriles is 1. The van der Waals surface area contributed by atoms with Crippen LogP contribution >= 0.6 is 23.2 Å². The molecule has 0 aromatic heterocycles. The quantitative estimate of drug-likeness (QED) is 0.483. The zero-order chi connectivity index (χ0) is 21.6. The molecule has 0 radical (unpaired) electrons. The summed E-state index contributed by atoms with van der Waals surface area (Å²) in [4.78, 5) is 0. The molecule has 1 aliphatic heterocycles. The highest BCUT2D eigenvalue weighted by Crippen LogP contribution is 2.63. The molecular weight excluding hydrogens is 412 g/mol. The maximum Gasteiger partial charge on any atom is 0.301 e. The molecule has 4 rings (SSSR count). The van der Waals surface area contributed by atoms with Crippen LogP contribution in [0.5, 0.6) is 0 Å². The van der Waals surface area contributed by atoms with E-state index in [2.05, 4.69) is 50.7 Å². The van der Waals surface area contributed by atoms with Crippen molar-refractivity contribution in [3.05, 3.63) is 81.3 Å². The van der Waals surface area contributed by atoms with Gasteiger partial charge in [-0.15, -0.1) is 6.58 Å². The lowest BCUT2D eigenvalue weighted by Crippen LogP contribution is -2.46. The Morgan fingerprint density at radius 1 is 1.20 bits per heavy atom. The minimum Gasteiger partial charge on any atom is -0.374 e. The van der Waals surface area contributed by atoms with Crippen LogP contribution in [0, 0.1) is 24.1 Å². The summed E-state index contributed by atoms with van der Waals surface area (Å²) in [7, 11) is 1.77. The standard InChI is InChI=1S/C25H26BCl2NO/c1-15-5-10-20(22(28)13-15)21-11-12-25(30-4)17(3)26(14-29)16(2)24(25)23(21)18-6-8-19(27)9-7-18/h5-10,13,16,21,23-24H,3,11-12H2,1-2,4H3. The molecular formula is C25H26BCl2NO. The summed E-state index contributed by atoms with van der Waals surface area (Å²) in [5.41, 5.74) is 3.98. The average Bonchev–Trinajstić information content (AvgIpc) is 2.95. The summed E-state index contributed by atoms with van der Waals surface area (Å²) in [6, 6.07) is 14.5. The Labute approximate surface area is 189 Å². The average molecular weight is 438 g/mol. The van der Waals surface area contributed by atoms with Gasteiger partial charge in [0.15, 0.2) is 0 Å². The second kappa shape index (κ2) is 8.08. The van der Waals surface area contributed by atoms with Gasteiger partial charge in [-0.05, 0) is 78.2 Å². The van der Waals surface area contributed by atoms with Crippen molar-refractivity contribution in [2.24, 2.45) is 5.92 Å². The summed E-state index contributed by atoms with van der Waals surface area (Å²) < 4.78 is 6.22. The second-order valence-corrected chi connectivity index (χ2v) is 9.70. The first-order valence-electron chi connectivity index (χ1n) is 10.5. The van der Waals surface area contributed by atoms with Gasteiger partial charge in [-0.1, -0.05) is 59.9 Å². The van der Waals surface area contributed by atoms with Gasteiger partial charge in [0.2, 0.25) is 0 Å². The first-order chi connectivity index (χ1) is 14.3. The van der Waals surface area contributed by atoms with Gasteiger partial charge in [-0.25, -0.2) is 5.26 Å². The molecule has 0 N–H and O–H groups in total. The Balaban J connectivity index is 1.90. The number of halogens is 2. The first kappa shape index (κ1) is 21.5. The molecule has 5 heteroatoms. The number of rotatable bonds is 3. The fourth-order valence-corrected chi connectivity index (χ4v) is 6.64. The Kier molecular flexibility index (Phi) is 5.79. The lowest BCUT2D eigenvalue weighted by atomic mass is 9.41. The number of fused-ring (bicyclic) bond motifs is 1. The van der Waals surface area contributed by atoms with Crippen molar-refractivity contribution >= 4 is 29.9 Å². The number of nitrogens with zero attached hydrogens (tertiary/aromatic N) is 1. The third kappa shape index (κ3) is 3.21. The van der Waals surface area contributed by atoms with Crippen LogP contribution in [0.4, 0.5) is 0 Å². The van der Waals surface area contributed by atoms with Gasteiger partial charge in [-0.2, -0.15) is 0 Å². The molecule has 2 fully saturated rings. The van der Waals surface area contributed by atoms with Crippen LogP contribution in [0.1, 0.15) is 48.3 Å². The third-order valence-corrected chi connectivity index (χ3v) is 8.09. The van der Waals surface area contributed by atoms with E-state index in [4.69, 9.17) is 27.9 Å². The van der Waals surface area contributed by atoms with E-state index >= 15 is 0 Å². The van der Waals surface area contributed by atoms with Crippen molar-refractivity contribution in [3.63, 3.8) is 0 Å². The topological polar surface area (TPSA) is 33.0 Å². The molecule has 0 amide bonds. The SMILES string of the molecule is C=C1B(C#N)C(C)C2C(c3ccc(Cl)cc3)C(c3ccc(C)cc3Cl)CCC12OC.